The van der Waals surface area contributed by atoms with Crippen molar-refractivity contribution in [3.05, 3.63) is 75.0 Å². The van der Waals surface area contributed by atoms with Crippen LogP contribution in [0.25, 0.3) is 0 Å². The molecule has 0 aliphatic rings. The quantitative estimate of drug-likeness (QED) is 0.497. The fourth-order valence-electron chi connectivity index (χ4n) is 3.36. The molecular formula is C23H25FN4O2S. The van der Waals surface area contributed by atoms with Crippen LogP contribution < -0.4 is 16.0 Å². The molecule has 0 aliphatic carbocycles. The van der Waals surface area contributed by atoms with Gasteiger partial charge in [-0.3, -0.25) is 10.1 Å². The van der Waals surface area contributed by atoms with E-state index in [1.807, 2.05) is 32.9 Å². The monoisotopic (exact) mass is 440 g/mol. The van der Waals surface area contributed by atoms with Crippen LogP contribution in [0, 0.1) is 33.5 Å². The number of carbonyl (C=O) groups is 2. The first-order valence-electron chi connectivity index (χ1n) is 9.89. The van der Waals surface area contributed by atoms with Gasteiger partial charge in [0.1, 0.15) is 10.7 Å². The Labute approximate surface area is 184 Å². The van der Waals surface area contributed by atoms with E-state index >= 15 is 0 Å². The minimum Gasteiger partial charge on any atom is -0.337 e. The molecule has 162 valence electrons. The van der Waals surface area contributed by atoms with Crippen LogP contribution in [-0.4, -0.2) is 23.5 Å². The predicted octanol–water partition coefficient (Wildman–Crippen LogP) is 5.13. The van der Waals surface area contributed by atoms with Crippen LogP contribution in [0.15, 0.2) is 36.4 Å². The zero-order valence-corrected chi connectivity index (χ0v) is 18.7. The van der Waals surface area contributed by atoms with Gasteiger partial charge < -0.3 is 10.6 Å². The zero-order valence-electron chi connectivity index (χ0n) is 17.9. The molecule has 6 nitrogen and oxygen atoms in total. The summed E-state index contributed by atoms with van der Waals surface area (Å²) in [4.78, 5) is 29.6. The van der Waals surface area contributed by atoms with Crippen LogP contribution in [-0.2, 0) is 6.42 Å². The second kappa shape index (κ2) is 9.70. The SMILES string of the molecule is Cc1cc(C)c(NC(=O)c2sc(NC(=O)NCCc3ccccc3F)nc2C)c(C)c1. The van der Waals surface area contributed by atoms with Gasteiger partial charge in [-0.2, -0.15) is 0 Å². The lowest BCUT2D eigenvalue weighted by Crippen LogP contribution is -2.30. The smallest absolute Gasteiger partial charge is 0.321 e. The Kier molecular flexibility index (Phi) is 7.02. The number of nitrogens with one attached hydrogen (secondary N) is 3. The third-order valence-electron chi connectivity index (χ3n) is 4.78. The predicted molar refractivity (Wildman–Crippen MR) is 123 cm³/mol. The van der Waals surface area contributed by atoms with Crippen molar-refractivity contribution in [3.8, 4) is 0 Å². The average Bonchev–Trinajstić information content (AvgIpc) is 3.06. The molecule has 0 radical (unpaired) electrons. The van der Waals surface area contributed by atoms with Crippen molar-refractivity contribution in [2.75, 3.05) is 17.2 Å². The maximum absolute atomic E-state index is 13.6. The van der Waals surface area contributed by atoms with E-state index in [0.29, 0.717) is 27.7 Å². The number of carbonyl (C=O) groups excluding carboxylic acids is 2. The number of benzene rings is 2. The van der Waals surface area contributed by atoms with Gasteiger partial charge in [-0.15, -0.1) is 0 Å². The topological polar surface area (TPSA) is 83.1 Å². The van der Waals surface area contributed by atoms with E-state index in [-0.39, 0.29) is 18.3 Å². The third kappa shape index (κ3) is 5.67. The van der Waals surface area contributed by atoms with Gasteiger partial charge in [0.05, 0.1) is 5.69 Å². The number of halogens is 1. The molecule has 3 N–H and O–H groups in total. The van der Waals surface area contributed by atoms with Crippen LogP contribution in [0.2, 0.25) is 0 Å². The zero-order chi connectivity index (χ0) is 22.5. The van der Waals surface area contributed by atoms with Crippen LogP contribution in [0.1, 0.15) is 37.6 Å². The minimum absolute atomic E-state index is 0.266. The van der Waals surface area contributed by atoms with Gasteiger partial charge in [0.25, 0.3) is 5.91 Å². The van der Waals surface area contributed by atoms with E-state index in [2.05, 4.69) is 20.9 Å². The highest BCUT2D eigenvalue weighted by Gasteiger charge is 2.18. The van der Waals surface area contributed by atoms with Crippen molar-refractivity contribution in [1.82, 2.24) is 10.3 Å². The molecule has 1 aromatic heterocycles. The number of amides is 3. The molecule has 3 amide bonds. The summed E-state index contributed by atoms with van der Waals surface area (Å²) in [7, 11) is 0. The third-order valence-corrected chi connectivity index (χ3v) is 5.85. The minimum atomic E-state index is -0.456. The molecule has 0 saturated heterocycles. The van der Waals surface area contributed by atoms with E-state index in [1.54, 1.807) is 25.1 Å². The summed E-state index contributed by atoms with van der Waals surface area (Å²) in [5.74, 6) is -0.562. The first kappa shape index (κ1) is 22.4. The summed E-state index contributed by atoms with van der Waals surface area (Å²) < 4.78 is 13.6. The molecule has 0 fully saturated rings. The highest BCUT2D eigenvalue weighted by Crippen LogP contribution is 2.26. The molecule has 3 rings (SSSR count). The molecule has 2 aromatic carbocycles. The molecule has 31 heavy (non-hydrogen) atoms. The Morgan fingerprint density at radius 2 is 1.71 bits per heavy atom. The van der Waals surface area contributed by atoms with Crippen LogP contribution in [0.5, 0.6) is 0 Å². The molecule has 0 unspecified atom stereocenters. The lowest BCUT2D eigenvalue weighted by molar-refractivity contribution is 0.102. The second-order valence-electron chi connectivity index (χ2n) is 7.38. The van der Waals surface area contributed by atoms with E-state index < -0.39 is 6.03 Å². The number of thiazole rings is 1. The molecule has 0 atom stereocenters. The Balaban J connectivity index is 1.59. The highest BCUT2D eigenvalue weighted by molar-refractivity contribution is 7.17. The van der Waals surface area contributed by atoms with Gasteiger partial charge in [0, 0.05) is 12.2 Å². The molecule has 0 saturated carbocycles. The number of aryl methyl sites for hydroxylation is 4. The van der Waals surface area contributed by atoms with E-state index in [1.165, 1.54) is 6.07 Å². The van der Waals surface area contributed by atoms with Gasteiger partial charge in [0.2, 0.25) is 0 Å². The molecular weight excluding hydrogens is 415 g/mol. The molecule has 0 bridgehead atoms. The number of hydrogen-bond donors (Lipinski definition) is 3. The van der Waals surface area contributed by atoms with Crippen molar-refractivity contribution in [1.29, 1.82) is 0 Å². The normalized spacial score (nSPS) is 10.6. The van der Waals surface area contributed by atoms with E-state index in [4.69, 9.17) is 0 Å². The maximum Gasteiger partial charge on any atom is 0.321 e. The number of urea groups is 1. The summed E-state index contributed by atoms with van der Waals surface area (Å²) >= 11 is 1.11. The van der Waals surface area contributed by atoms with Gasteiger partial charge in [-0.25, -0.2) is 14.2 Å². The molecule has 8 heteroatoms. The lowest BCUT2D eigenvalue weighted by Gasteiger charge is -2.12. The number of nitrogens with zero attached hydrogens (tertiary/aromatic N) is 1. The van der Waals surface area contributed by atoms with Gasteiger partial charge >= 0.3 is 6.03 Å². The number of aromatic nitrogens is 1. The van der Waals surface area contributed by atoms with Crippen LogP contribution in [0.4, 0.5) is 20.0 Å². The first-order chi connectivity index (χ1) is 14.7. The number of hydrogen-bond acceptors (Lipinski definition) is 4. The van der Waals surface area contributed by atoms with Crippen molar-refractivity contribution >= 4 is 34.1 Å². The maximum atomic E-state index is 13.6. The molecule has 0 aliphatic heterocycles. The van der Waals surface area contributed by atoms with Crippen LogP contribution in [0.3, 0.4) is 0 Å². The van der Waals surface area contributed by atoms with Crippen LogP contribution >= 0.6 is 11.3 Å². The van der Waals surface area contributed by atoms with Crippen molar-refractivity contribution < 1.29 is 14.0 Å². The highest BCUT2D eigenvalue weighted by atomic mass is 32.1. The second-order valence-corrected chi connectivity index (χ2v) is 8.38. The Morgan fingerprint density at radius 3 is 2.39 bits per heavy atom. The molecule has 1 heterocycles. The Morgan fingerprint density at radius 1 is 1.03 bits per heavy atom. The standard InChI is InChI=1S/C23H25FN4O2S/c1-13-11-14(2)19(15(3)12-13)27-21(29)20-16(4)26-23(31-20)28-22(30)25-10-9-17-7-5-6-8-18(17)24/h5-8,11-12H,9-10H2,1-4H3,(H,27,29)(H2,25,26,28,30). The summed E-state index contributed by atoms with van der Waals surface area (Å²) in [5.41, 5.74) is 4.96. The molecule has 0 spiro atoms. The van der Waals surface area contributed by atoms with Crippen molar-refractivity contribution in [2.24, 2.45) is 0 Å². The summed E-state index contributed by atoms with van der Waals surface area (Å²) in [6.45, 7) is 7.91. The number of rotatable bonds is 6. The average molecular weight is 441 g/mol. The lowest BCUT2D eigenvalue weighted by atomic mass is 10.1. The summed E-state index contributed by atoms with van der Waals surface area (Å²) in [6.07, 6.45) is 0.375. The van der Waals surface area contributed by atoms with E-state index in [9.17, 15) is 14.0 Å². The van der Waals surface area contributed by atoms with Gasteiger partial charge in [-0.05, 0) is 56.9 Å². The summed E-state index contributed by atoms with van der Waals surface area (Å²) in [5, 5.41) is 8.59. The van der Waals surface area contributed by atoms with Gasteiger partial charge in [-0.1, -0.05) is 47.2 Å². The van der Waals surface area contributed by atoms with Crippen molar-refractivity contribution in [3.63, 3.8) is 0 Å². The fraction of sp³-hybridized carbons (Fsp3) is 0.261. The number of anilines is 2. The first-order valence-corrected chi connectivity index (χ1v) is 10.7. The largest absolute Gasteiger partial charge is 0.337 e. The van der Waals surface area contributed by atoms with E-state index in [0.717, 1.165) is 33.7 Å². The summed E-state index contributed by atoms with van der Waals surface area (Å²) in [6, 6.07) is 10.0. The van der Waals surface area contributed by atoms with Crippen molar-refractivity contribution in [2.45, 2.75) is 34.1 Å². The fourth-order valence-corrected chi connectivity index (χ4v) is 4.22. The molecule has 3 aromatic rings. The van der Waals surface area contributed by atoms with Gasteiger partial charge in [0.15, 0.2) is 5.13 Å². The Bertz CT molecular complexity index is 1100. The Hall–Kier alpha value is -3.26.